The number of nitrogens with zero attached hydrogens (tertiary/aromatic N) is 3. The molecule has 1 unspecified atom stereocenters. The molecule has 2 aromatic rings. The van der Waals surface area contributed by atoms with Crippen LogP contribution in [-0.2, 0) is 13.6 Å². The highest BCUT2D eigenvalue weighted by Crippen LogP contribution is 2.33. The summed E-state index contributed by atoms with van der Waals surface area (Å²) in [6.45, 7) is 2.58. The molecule has 2 N–H and O–H groups in total. The van der Waals surface area contributed by atoms with Gasteiger partial charge in [-0.2, -0.15) is 0 Å². The lowest BCUT2D eigenvalue weighted by Gasteiger charge is -2.10. The van der Waals surface area contributed by atoms with E-state index in [0.29, 0.717) is 11.8 Å². The Bertz CT molecular complexity index is 481. The zero-order valence-corrected chi connectivity index (χ0v) is 10.8. The Kier molecular flexibility index (Phi) is 3.81. The quantitative estimate of drug-likeness (QED) is 0.842. The van der Waals surface area contributed by atoms with Crippen molar-refractivity contribution in [3.63, 3.8) is 0 Å². The van der Waals surface area contributed by atoms with Crippen LogP contribution in [0.4, 0.5) is 0 Å². The lowest BCUT2D eigenvalue weighted by molar-refractivity contribution is 0.732. The van der Waals surface area contributed by atoms with Crippen molar-refractivity contribution in [2.45, 2.75) is 23.9 Å². The van der Waals surface area contributed by atoms with Gasteiger partial charge in [-0.05, 0) is 12.5 Å². The van der Waals surface area contributed by atoms with Crippen LogP contribution in [0, 0.1) is 0 Å². The molecule has 90 valence electrons. The van der Waals surface area contributed by atoms with Crippen LogP contribution in [0.15, 0.2) is 35.5 Å². The summed E-state index contributed by atoms with van der Waals surface area (Å²) in [5, 5.41) is 9.45. The van der Waals surface area contributed by atoms with Gasteiger partial charge in [0.05, 0.1) is 6.54 Å². The van der Waals surface area contributed by atoms with E-state index >= 15 is 0 Å². The van der Waals surface area contributed by atoms with E-state index in [4.69, 9.17) is 5.73 Å². The molecule has 0 fully saturated rings. The maximum absolute atomic E-state index is 5.57. The van der Waals surface area contributed by atoms with Gasteiger partial charge in [-0.1, -0.05) is 42.1 Å². The molecule has 17 heavy (non-hydrogen) atoms. The molecule has 0 aliphatic rings. The molecular weight excluding hydrogens is 232 g/mol. The maximum Gasteiger partial charge on any atom is 0.191 e. The van der Waals surface area contributed by atoms with Gasteiger partial charge in [0.1, 0.15) is 5.82 Å². The fourth-order valence-corrected chi connectivity index (χ4v) is 2.54. The second kappa shape index (κ2) is 5.33. The summed E-state index contributed by atoms with van der Waals surface area (Å²) in [6, 6.07) is 10.4. The summed E-state index contributed by atoms with van der Waals surface area (Å²) in [6.07, 6.45) is 0. The van der Waals surface area contributed by atoms with Gasteiger partial charge in [0.25, 0.3) is 0 Å². The summed E-state index contributed by atoms with van der Waals surface area (Å²) < 4.78 is 1.95. The molecule has 5 heteroatoms. The van der Waals surface area contributed by atoms with Crippen LogP contribution in [0.2, 0.25) is 0 Å². The SMILES string of the molecule is CC(Sc1nnc(CN)n1C)c1ccccc1. The van der Waals surface area contributed by atoms with E-state index in [1.807, 2.05) is 29.8 Å². The topological polar surface area (TPSA) is 56.7 Å². The third-order valence-corrected chi connectivity index (χ3v) is 3.85. The predicted octanol–water partition coefficient (Wildman–Crippen LogP) is 2.13. The summed E-state index contributed by atoms with van der Waals surface area (Å²) in [4.78, 5) is 0. The standard InChI is InChI=1S/C12H16N4S/c1-9(10-6-4-3-5-7-10)17-12-15-14-11(8-13)16(12)2/h3-7,9H,8,13H2,1-2H3. The first kappa shape index (κ1) is 12.1. The van der Waals surface area contributed by atoms with E-state index in [2.05, 4.69) is 29.3 Å². The highest BCUT2D eigenvalue weighted by atomic mass is 32.2. The Morgan fingerprint density at radius 2 is 2.00 bits per heavy atom. The summed E-state index contributed by atoms with van der Waals surface area (Å²) >= 11 is 1.69. The Balaban J connectivity index is 2.13. The molecule has 0 aliphatic heterocycles. The van der Waals surface area contributed by atoms with Crippen LogP contribution in [-0.4, -0.2) is 14.8 Å². The molecule has 1 aromatic heterocycles. The van der Waals surface area contributed by atoms with Crippen molar-refractivity contribution in [2.75, 3.05) is 0 Å². The van der Waals surface area contributed by atoms with E-state index in [9.17, 15) is 0 Å². The van der Waals surface area contributed by atoms with Crippen LogP contribution >= 0.6 is 11.8 Å². The average molecular weight is 248 g/mol. The van der Waals surface area contributed by atoms with Gasteiger partial charge in [0.15, 0.2) is 5.16 Å². The van der Waals surface area contributed by atoms with Gasteiger partial charge in [-0.25, -0.2) is 0 Å². The molecule has 0 radical (unpaired) electrons. The van der Waals surface area contributed by atoms with Crippen molar-refractivity contribution in [1.29, 1.82) is 0 Å². The van der Waals surface area contributed by atoms with Crippen LogP contribution in [0.5, 0.6) is 0 Å². The van der Waals surface area contributed by atoms with E-state index in [1.54, 1.807) is 11.8 Å². The number of rotatable bonds is 4. The third-order valence-electron chi connectivity index (χ3n) is 2.66. The second-order valence-electron chi connectivity index (χ2n) is 3.83. The van der Waals surface area contributed by atoms with Crippen molar-refractivity contribution in [1.82, 2.24) is 14.8 Å². The number of hydrogen-bond acceptors (Lipinski definition) is 4. The van der Waals surface area contributed by atoms with Gasteiger partial charge >= 0.3 is 0 Å². The number of benzene rings is 1. The summed E-state index contributed by atoms with van der Waals surface area (Å²) in [5.41, 5.74) is 6.86. The van der Waals surface area contributed by atoms with Crippen LogP contribution < -0.4 is 5.73 Å². The molecule has 0 bridgehead atoms. The second-order valence-corrected chi connectivity index (χ2v) is 5.14. The minimum Gasteiger partial charge on any atom is -0.324 e. The molecule has 1 heterocycles. The van der Waals surface area contributed by atoms with Crippen LogP contribution in [0.3, 0.4) is 0 Å². The number of nitrogens with two attached hydrogens (primary N) is 1. The predicted molar refractivity (Wildman–Crippen MR) is 69.6 cm³/mol. The van der Waals surface area contributed by atoms with E-state index in [1.165, 1.54) is 5.56 Å². The smallest absolute Gasteiger partial charge is 0.191 e. The lowest BCUT2D eigenvalue weighted by atomic mass is 10.2. The van der Waals surface area contributed by atoms with Crippen molar-refractivity contribution >= 4 is 11.8 Å². The van der Waals surface area contributed by atoms with Crippen LogP contribution in [0.25, 0.3) is 0 Å². The zero-order chi connectivity index (χ0) is 12.3. The Hall–Kier alpha value is -1.33. The minimum absolute atomic E-state index is 0.352. The van der Waals surface area contributed by atoms with Gasteiger partial charge in [-0.15, -0.1) is 10.2 Å². The fourth-order valence-electron chi connectivity index (χ4n) is 1.58. The van der Waals surface area contributed by atoms with Gasteiger partial charge < -0.3 is 10.3 Å². The van der Waals surface area contributed by atoms with E-state index in [0.717, 1.165) is 11.0 Å². The van der Waals surface area contributed by atoms with Gasteiger partial charge in [-0.3, -0.25) is 0 Å². The molecular formula is C12H16N4S. The first-order valence-corrected chi connectivity index (χ1v) is 6.40. The van der Waals surface area contributed by atoms with Gasteiger partial charge in [0, 0.05) is 12.3 Å². The largest absolute Gasteiger partial charge is 0.324 e. The summed E-state index contributed by atoms with van der Waals surface area (Å²) in [5.74, 6) is 0.813. The molecule has 2 rings (SSSR count). The highest BCUT2D eigenvalue weighted by molar-refractivity contribution is 7.99. The monoisotopic (exact) mass is 248 g/mol. The van der Waals surface area contributed by atoms with Crippen LogP contribution in [0.1, 0.15) is 23.6 Å². The summed E-state index contributed by atoms with van der Waals surface area (Å²) in [7, 11) is 1.95. The van der Waals surface area contributed by atoms with Crippen molar-refractivity contribution < 1.29 is 0 Å². The molecule has 0 aliphatic carbocycles. The molecule has 1 atom stereocenters. The first-order chi connectivity index (χ1) is 8.22. The van der Waals surface area contributed by atoms with Gasteiger partial charge in [0.2, 0.25) is 0 Å². The van der Waals surface area contributed by atoms with Crippen molar-refractivity contribution in [2.24, 2.45) is 12.8 Å². The van der Waals surface area contributed by atoms with E-state index < -0.39 is 0 Å². The minimum atomic E-state index is 0.352. The molecule has 0 spiro atoms. The molecule has 0 saturated carbocycles. The Morgan fingerprint density at radius 1 is 1.29 bits per heavy atom. The molecule has 0 saturated heterocycles. The number of thioether (sulfide) groups is 1. The highest BCUT2D eigenvalue weighted by Gasteiger charge is 2.13. The fraction of sp³-hybridized carbons (Fsp3) is 0.333. The normalized spacial score (nSPS) is 12.6. The van der Waals surface area contributed by atoms with E-state index in [-0.39, 0.29) is 0 Å². The number of hydrogen-bond donors (Lipinski definition) is 1. The lowest BCUT2D eigenvalue weighted by Crippen LogP contribution is -2.05. The average Bonchev–Trinajstić information content (AvgIpc) is 2.71. The Morgan fingerprint density at radius 3 is 2.59 bits per heavy atom. The molecule has 1 aromatic carbocycles. The Labute approximate surface area is 105 Å². The zero-order valence-electron chi connectivity index (χ0n) is 10.00. The van der Waals surface area contributed by atoms with Crippen molar-refractivity contribution in [3.05, 3.63) is 41.7 Å². The maximum atomic E-state index is 5.57. The molecule has 4 nitrogen and oxygen atoms in total. The third kappa shape index (κ3) is 2.68. The molecule has 0 amide bonds. The number of aromatic nitrogens is 3. The van der Waals surface area contributed by atoms with Crippen molar-refractivity contribution in [3.8, 4) is 0 Å². The first-order valence-electron chi connectivity index (χ1n) is 5.52.